The van der Waals surface area contributed by atoms with Gasteiger partial charge < -0.3 is 15.2 Å². The number of carbonyl (C=O) groups is 4. The number of thioether (sulfide) groups is 1. The molecule has 0 radical (unpaired) electrons. The normalized spacial score (nSPS) is 14.8. The van der Waals surface area contributed by atoms with Gasteiger partial charge in [0, 0.05) is 5.69 Å². The maximum atomic E-state index is 13.2. The molecule has 1 heterocycles. The molecule has 160 valence electrons. The zero-order valence-electron chi connectivity index (χ0n) is 15.6. The first-order valence-corrected chi connectivity index (χ1v) is 10.3. The second-order valence-electron chi connectivity index (χ2n) is 6.20. The van der Waals surface area contributed by atoms with Gasteiger partial charge in [0.15, 0.2) is 6.61 Å². The van der Waals surface area contributed by atoms with E-state index in [2.05, 4.69) is 21.2 Å². The number of rotatable bonds is 7. The van der Waals surface area contributed by atoms with Crippen molar-refractivity contribution in [1.29, 1.82) is 0 Å². The molecule has 3 amide bonds. The highest BCUT2D eigenvalue weighted by Gasteiger charge is 2.36. The van der Waals surface area contributed by atoms with E-state index in [0.29, 0.717) is 27.5 Å². The van der Waals surface area contributed by atoms with Crippen LogP contribution in [0.2, 0.25) is 0 Å². The number of imide groups is 1. The molecule has 31 heavy (non-hydrogen) atoms. The molecule has 0 atom stereocenters. The standard InChI is InChI=1S/C20H14BrFN2O6S/c21-14-6-11(4-5-15(14)30-10-18(26)27)7-16-19(28)24(20(29)31-16)9-17(25)23-13-3-1-2-12(22)8-13/h1-8H,9-10H2,(H,23,25)(H,26,27)/b16-7+. The number of hydrogen-bond donors (Lipinski definition) is 2. The van der Waals surface area contributed by atoms with Crippen molar-refractivity contribution in [2.24, 2.45) is 0 Å². The van der Waals surface area contributed by atoms with Gasteiger partial charge in [-0.3, -0.25) is 19.3 Å². The van der Waals surface area contributed by atoms with Crippen molar-refractivity contribution in [3.05, 3.63) is 63.2 Å². The fraction of sp³-hybridized carbons (Fsp3) is 0.100. The summed E-state index contributed by atoms with van der Waals surface area (Å²) >= 11 is 3.94. The van der Waals surface area contributed by atoms with Gasteiger partial charge in [-0.1, -0.05) is 12.1 Å². The second kappa shape index (κ2) is 9.75. The Kier molecular flexibility index (Phi) is 7.08. The van der Waals surface area contributed by atoms with Crippen LogP contribution in [0.4, 0.5) is 14.9 Å². The Morgan fingerprint density at radius 3 is 2.68 bits per heavy atom. The van der Waals surface area contributed by atoms with Crippen molar-refractivity contribution < 1.29 is 33.4 Å². The largest absolute Gasteiger partial charge is 0.481 e. The highest BCUT2D eigenvalue weighted by molar-refractivity contribution is 9.10. The maximum Gasteiger partial charge on any atom is 0.341 e. The molecule has 3 rings (SSSR count). The van der Waals surface area contributed by atoms with Crippen molar-refractivity contribution >= 4 is 62.5 Å². The van der Waals surface area contributed by atoms with Crippen LogP contribution in [0.25, 0.3) is 6.08 Å². The number of benzene rings is 2. The number of nitrogens with one attached hydrogen (secondary N) is 1. The number of anilines is 1. The van der Waals surface area contributed by atoms with Crippen LogP contribution < -0.4 is 10.1 Å². The monoisotopic (exact) mass is 508 g/mol. The molecule has 2 aromatic carbocycles. The Labute approximate surface area is 188 Å². The summed E-state index contributed by atoms with van der Waals surface area (Å²) < 4.78 is 18.8. The first kappa shape index (κ1) is 22.5. The molecule has 0 aliphatic carbocycles. The summed E-state index contributed by atoms with van der Waals surface area (Å²) in [6.07, 6.45) is 1.47. The van der Waals surface area contributed by atoms with Crippen LogP contribution in [-0.4, -0.2) is 46.2 Å². The van der Waals surface area contributed by atoms with E-state index in [1.807, 2.05) is 0 Å². The maximum absolute atomic E-state index is 13.2. The highest BCUT2D eigenvalue weighted by Crippen LogP contribution is 2.33. The zero-order valence-corrected chi connectivity index (χ0v) is 18.0. The first-order valence-electron chi connectivity index (χ1n) is 8.68. The number of carboxylic acids is 1. The fourth-order valence-corrected chi connectivity index (χ4v) is 3.91. The van der Waals surface area contributed by atoms with Gasteiger partial charge in [0.25, 0.3) is 11.1 Å². The van der Waals surface area contributed by atoms with E-state index in [1.165, 1.54) is 30.3 Å². The smallest absolute Gasteiger partial charge is 0.341 e. The van der Waals surface area contributed by atoms with E-state index < -0.39 is 42.0 Å². The Morgan fingerprint density at radius 1 is 1.23 bits per heavy atom. The number of amides is 3. The number of ether oxygens (including phenoxy) is 1. The number of aliphatic carboxylic acids is 1. The highest BCUT2D eigenvalue weighted by atomic mass is 79.9. The van der Waals surface area contributed by atoms with Gasteiger partial charge in [0.1, 0.15) is 18.1 Å². The quantitative estimate of drug-likeness (QED) is 0.547. The Morgan fingerprint density at radius 2 is 2.00 bits per heavy atom. The van der Waals surface area contributed by atoms with Crippen LogP contribution in [-0.2, 0) is 14.4 Å². The Hall–Kier alpha value is -3.18. The van der Waals surface area contributed by atoms with Crippen LogP contribution >= 0.6 is 27.7 Å². The average Bonchev–Trinajstić information content (AvgIpc) is 2.94. The summed E-state index contributed by atoms with van der Waals surface area (Å²) in [4.78, 5) is 48.4. The first-order chi connectivity index (χ1) is 14.7. The molecule has 0 unspecified atom stereocenters. The lowest BCUT2D eigenvalue weighted by Gasteiger charge is -2.12. The molecule has 1 fully saturated rings. The van der Waals surface area contributed by atoms with E-state index in [0.717, 1.165) is 11.0 Å². The fourth-order valence-electron chi connectivity index (χ4n) is 2.56. The van der Waals surface area contributed by atoms with Gasteiger partial charge in [-0.15, -0.1) is 0 Å². The van der Waals surface area contributed by atoms with Crippen LogP contribution in [0.5, 0.6) is 5.75 Å². The predicted octanol–water partition coefficient (Wildman–Crippen LogP) is 3.73. The number of hydrogen-bond acceptors (Lipinski definition) is 6. The van der Waals surface area contributed by atoms with Crippen molar-refractivity contribution in [3.8, 4) is 5.75 Å². The number of nitrogens with zero attached hydrogens (tertiary/aromatic N) is 1. The molecule has 0 saturated carbocycles. The van der Waals surface area contributed by atoms with Gasteiger partial charge in [0.05, 0.1) is 9.38 Å². The molecule has 0 aromatic heterocycles. The van der Waals surface area contributed by atoms with E-state index in [-0.39, 0.29) is 10.6 Å². The van der Waals surface area contributed by atoms with E-state index in [1.54, 1.807) is 12.1 Å². The molecule has 1 saturated heterocycles. The lowest BCUT2D eigenvalue weighted by Crippen LogP contribution is -2.36. The van der Waals surface area contributed by atoms with E-state index >= 15 is 0 Å². The summed E-state index contributed by atoms with van der Waals surface area (Å²) in [5.41, 5.74) is 0.770. The SMILES string of the molecule is O=C(O)COc1ccc(/C=C2/SC(=O)N(CC(=O)Nc3cccc(F)c3)C2=O)cc1Br. The minimum Gasteiger partial charge on any atom is -0.481 e. The molecule has 8 nitrogen and oxygen atoms in total. The van der Waals surface area contributed by atoms with E-state index in [9.17, 15) is 23.6 Å². The van der Waals surface area contributed by atoms with Crippen molar-refractivity contribution in [2.75, 3.05) is 18.5 Å². The van der Waals surface area contributed by atoms with Crippen molar-refractivity contribution in [1.82, 2.24) is 4.90 Å². The summed E-state index contributed by atoms with van der Waals surface area (Å²) in [5, 5.41) is 10.5. The van der Waals surface area contributed by atoms with Crippen LogP contribution in [0, 0.1) is 5.82 Å². The number of halogens is 2. The molecule has 11 heteroatoms. The van der Waals surface area contributed by atoms with Gasteiger partial charge in [-0.2, -0.15) is 0 Å². The lowest BCUT2D eigenvalue weighted by molar-refractivity contribution is -0.139. The third-order valence-corrected chi connectivity index (χ3v) is 5.42. The summed E-state index contributed by atoms with van der Waals surface area (Å²) in [6, 6.07) is 9.96. The summed E-state index contributed by atoms with van der Waals surface area (Å²) in [5.74, 6) is -2.62. The summed E-state index contributed by atoms with van der Waals surface area (Å²) in [6.45, 7) is -1.02. The Bertz CT molecular complexity index is 1110. The molecule has 2 aromatic rings. The Balaban J connectivity index is 1.68. The van der Waals surface area contributed by atoms with Gasteiger partial charge in [-0.05, 0) is 69.7 Å². The number of carbonyl (C=O) groups excluding carboxylic acids is 3. The molecule has 1 aliphatic heterocycles. The minimum absolute atomic E-state index is 0.120. The number of carboxylic acid groups (broad SMARTS) is 1. The summed E-state index contributed by atoms with van der Waals surface area (Å²) in [7, 11) is 0. The third kappa shape index (κ3) is 5.92. The third-order valence-electron chi connectivity index (χ3n) is 3.89. The predicted molar refractivity (Wildman–Crippen MR) is 115 cm³/mol. The van der Waals surface area contributed by atoms with Crippen LogP contribution in [0.3, 0.4) is 0 Å². The zero-order chi connectivity index (χ0) is 22.5. The molecular weight excluding hydrogens is 495 g/mol. The minimum atomic E-state index is -1.12. The molecule has 0 spiro atoms. The van der Waals surface area contributed by atoms with Gasteiger partial charge >= 0.3 is 5.97 Å². The lowest BCUT2D eigenvalue weighted by atomic mass is 10.2. The average molecular weight is 509 g/mol. The van der Waals surface area contributed by atoms with Gasteiger partial charge in [-0.25, -0.2) is 9.18 Å². The molecular formula is C20H14BrFN2O6S. The van der Waals surface area contributed by atoms with Crippen molar-refractivity contribution in [3.63, 3.8) is 0 Å². The molecule has 1 aliphatic rings. The van der Waals surface area contributed by atoms with Crippen LogP contribution in [0.15, 0.2) is 51.8 Å². The molecule has 2 N–H and O–H groups in total. The van der Waals surface area contributed by atoms with E-state index in [4.69, 9.17) is 9.84 Å². The van der Waals surface area contributed by atoms with Crippen LogP contribution in [0.1, 0.15) is 5.56 Å². The van der Waals surface area contributed by atoms with Gasteiger partial charge in [0.2, 0.25) is 5.91 Å². The second-order valence-corrected chi connectivity index (χ2v) is 8.05. The van der Waals surface area contributed by atoms with Crippen molar-refractivity contribution in [2.45, 2.75) is 0 Å². The topological polar surface area (TPSA) is 113 Å². The molecule has 0 bridgehead atoms.